The van der Waals surface area contributed by atoms with Crippen molar-refractivity contribution in [2.24, 2.45) is 11.3 Å². The molecule has 2 rings (SSSR count). The molecular formula is C16H31NO. The van der Waals surface area contributed by atoms with Gasteiger partial charge < -0.3 is 10.4 Å². The third kappa shape index (κ3) is 4.55. The number of hydrogen-bond acceptors (Lipinski definition) is 2. The van der Waals surface area contributed by atoms with Gasteiger partial charge in [-0.3, -0.25) is 0 Å². The molecule has 2 N–H and O–H groups in total. The third-order valence-corrected chi connectivity index (χ3v) is 4.93. The highest BCUT2D eigenvalue weighted by molar-refractivity contribution is 4.84. The van der Waals surface area contributed by atoms with E-state index in [1.54, 1.807) is 0 Å². The molecular weight excluding hydrogens is 222 g/mol. The summed E-state index contributed by atoms with van der Waals surface area (Å²) >= 11 is 0. The summed E-state index contributed by atoms with van der Waals surface area (Å²) in [5, 5.41) is 13.7. The molecule has 2 aliphatic carbocycles. The first-order valence-electron chi connectivity index (χ1n) is 7.97. The van der Waals surface area contributed by atoms with E-state index < -0.39 is 0 Å². The summed E-state index contributed by atoms with van der Waals surface area (Å²) in [7, 11) is 0. The summed E-state index contributed by atoms with van der Waals surface area (Å²) in [6, 6.07) is 0.631. The van der Waals surface area contributed by atoms with Gasteiger partial charge in [-0.25, -0.2) is 0 Å². The molecule has 2 unspecified atom stereocenters. The fraction of sp³-hybridized carbons (Fsp3) is 1.00. The lowest BCUT2D eigenvalue weighted by Crippen LogP contribution is -2.41. The fourth-order valence-corrected chi connectivity index (χ4v) is 3.89. The maximum atomic E-state index is 10.1. The number of nitrogens with one attached hydrogen (secondary N) is 1. The molecule has 18 heavy (non-hydrogen) atoms. The molecule has 2 aliphatic rings. The first-order valence-corrected chi connectivity index (χ1v) is 7.97. The molecule has 0 saturated heterocycles. The average molecular weight is 253 g/mol. The zero-order valence-electron chi connectivity index (χ0n) is 12.3. The molecule has 2 nitrogen and oxygen atoms in total. The molecule has 0 amide bonds. The summed E-state index contributed by atoms with van der Waals surface area (Å²) < 4.78 is 0. The van der Waals surface area contributed by atoms with Crippen molar-refractivity contribution >= 4 is 0 Å². The minimum atomic E-state index is -0.127. The maximum absolute atomic E-state index is 10.1. The van der Waals surface area contributed by atoms with Crippen LogP contribution in [0.4, 0.5) is 0 Å². The van der Waals surface area contributed by atoms with Gasteiger partial charge >= 0.3 is 0 Å². The number of aliphatic hydroxyl groups excluding tert-OH is 1. The van der Waals surface area contributed by atoms with Crippen LogP contribution in [-0.4, -0.2) is 23.8 Å². The lowest BCUT2D eigenvalue weighted by molar-refractivity contribution is 0.124. The van der Waals surface area contributed by atoms with E-state index in [9.17, 15) is 5.11 Å². The van der Waals surface area contributed by atoms with E-state index in [0.29, 0.717) is 11.5 Å². The highest BCUT2D eigenvalue weighted by atomic mass is 16.3. The van der Waals surface area contributed by atoms with Gasteiger partial charge in [0.1, 0.15) is 0 Å². The van der Waals surface area contributed by atoms with Crippen LogP contribution in [0.25, 0.3) is 0 Å². The van der Waals surface area contributed by atoms with E-state index in [-0.39, 0.29) is 6.10 Å². The molecule has 0 aromatic rings. The van der Waals surface area contributed by atoms with Gasteiger partial charge in [-0.05, 0) is 37.0 Å². The fourth-order valence-electron chi connectivity index (χ4n) is 3.89. The van der Waals surface area contributed by atoms with Gasteiger partial charge in [-0.15, -0.1) is 0 Å². The minimum absolute atomic E-state index is 0.127. The van der Waals surface area contributed by atoms with Crippen LogP contribution < -0.4 is 5.32 Å². The van der Waals surface area contributed by atoms with Crippen LogP contribution in [0, 0.1) is 11.3 Å². The smallest absolute Gasteiger partial charge is 0.0667 e. The Labute approximate surface area is 113 Å². The topological polar surface area (TPSA) is 32.3 Å². The monoisotopic (exact) mass is 253 g/mol. The van der Waals surface area contributed by atoms with Gasteiger partial charge in [0.05, 0.1) is 6.10 Å². The third-order valence-electron chi connectivity index (χ3n) is 4.93. The van der Waals surface area contributed by atoms with Crippen LogP contribution in [-0.2, 0) is 0 Å². The molecule has 0 aromatic heterocycles. The largest absolute Gasteiger partial charge is 0.392 e. The Hall–Kier alpha value is -0.0800. The van der Waals surface area contributed by atoms with E-state index in [2.05, 4.69) is 19.2 Å². The predicted octanol–water partition coefficient (Wildman–Crippen LogP) is 3.49. The molecule has 106 valence electrons. The number of hydrogen-bond donors (Lipinski definition) is 2. The standard InChI is InChI=1S/C16H31NO/c1-16(2)9-5-8-14(11-16)17-12-15(18)10-13-6-3-4-7-13/h13-15,17-18H,3-12H2,1-2H3. The highest BCUT2D eigenvalue weighted by Crippen LogP contribution is 2.35. The first kappa shape index (κ1) is 14.3. The Morgan fingerprint density at radius 3 is 2.56 bits per heavy atom. The normalized spacial score (nSPS) is 30.5. The van der Waals surface area contributed by atoms with Crippen LogP contribution in [0.15, 0.2) is 0 Å². The Kier molecular flexibility index (Phi) is 5.08. The molecule has 2 fully saturated rings. The molecule has 2 heteroatoms. The second-order valence-corrected chi connectivity index (χ2v) is 7.41. The molecule has 0 aliphatic heterocycles. The summed E-state index contributed by atoms with van der Waals surface area (Å²) in [5.41, 5.74) is 0.492. The average Bonchev–Trinajstić information content (AvgIpc) is 2.78. The van der Waals surface area contributed by atoms with Crippen molar-refractivity contribution in [2.75, 3.05) is 6.54 Å². The molecule has 0 aromatic carbocycles. The van der Waals surface area contributed by atoms with Crippen molar-refractivity contribution < 1.29 is 5.11 Å². The summed E-state index contributed by atoms with van der Waals surface area (Å²) in [6.45, 7) is 5.54. The minimum Gasteiger partial charge on any atom is -0.392 e. The number of rotatable bonds is 5. The second-order valence-electron chi connectivity index (χ2n) is 7.41. The van der Waals surface area contributed by atoms with Gasteiger partial charge in [-0.2, -0.15) is 0 Å². The van der Waals surface area contributed by atoms with Crippen molar-refractivity contribution in [1.29, 1.82) is 0 Å². The van der Waals surface area contributed by atoms with Crippen LogP contribution in [0.3, 0.4) is 0 Å². The predicted molar refractivity (Wildman–Crippen MR) is 76.6 cm³/mol. The molecule has 0 radical (unpaired) electrons. The van der Waals surface area contributed by atoms with Crippen LogP contribution in [0.2, 0.25) is 0 Å². The Balaban J connectivity index is 1.64. The van der Waals surface area contributed by atoms with E-state index in [4.69, 9.17) is 0 Å². The van der Waals surface area contributed by atoms with Crippen LogP contribution >= 0.6 is 0 Å². The maximum Gasteiger partial charge on any atom is 0.0667 e. The highest BCUT2D eigenvalue weighted by Gasteiger charge is 2.28. The van der Waals surface area contributed by atoms with Crippen LogP contribution in [0.5, 0.6) is 0 Å². The zero-order chi connectivity index (χ0) is 13.0. The molecule has 2 saturated carbocycles. The van der Waals surface area contributed by atoms with E-state index in [0.717, 1.165) is 18.9 Å². The van der Waals surface area contributed by atoms with E-state index in [1.807, 2.05) is 0 Å². The molecule has 0 bridgehead atoms. The van der Waals surface area contributed by atoms with Gasteiger partial charge in [0.25, 0.3) is 0 Å². The van der Waals surface area contributed by atoms with Crippen molar-refractivity contribution in [1.82, 2.24) is 5.32 Å². The molecule has 2 atom stereocenters. The molecule has 0 spiro atoms. The Bertz CT molecular complexity index is 245. The second kappa shape index (κ2) is 6.38. The van der Waals surface area contributed by atoms with Crippen molar-refractivity contribution in [3.05, 3.63) is 0 Å². The zero-order valence-corrected chi connectivity index (χ0v) is 12.3. The first-order chi connectivity index (χ1) is 8.55. The Morgan fingerprint density at radius 1 is 1.17 bits per heavy atom. The summed E-state index contributed by atoms with van der Waals surface area (Å²) in [6.07, 6.45) is 11.6. The van der Waals surface area contributed by atoms with Gasteiger partial charge in [0.15, 0.2) is 0 Å². The SMILES string of the molecule is CC1(C)CCCC(NCC(O)CC2CCCC2)C1. The van der Waals surface area contributed by atoms with Gasteiger partial charge in [0.2, 0.25) is 0 Å². The number of aliphatic hydroxyl groups is 1. The lowest BCUT2D eigenvalue weighted by atomic mass is 9.75. The van der Waals surface area contributed by atoms with Crippen LogP contribution in [0.1, 0.15) is 71.6 Å². The van der Waals surface area contributed by atoms with E-state index >= 15 is 0 Å². The molecule has 0 heterocycles. The quantitative estimate of drug-likeness (QED) is 0.786. The van der Waals surface area contributed by atoms with E-state index in [1.165, 1.54) is 51.4 Å². The van der Waals surface area contributed by atoms with Crippen molar-refractivity contribution in [3.8, 4) is 0 Å². The van der Waals surface area contributed by atoms with Crippen molar-refractivity contribution in [2.45, 2.75) is 83.8 Å². The Morgan fingerprint density at radius 2 is 1.89 bits per heavy atom. The summed E-state index contributed by atoms with van der Waals surface area (Å²) in [5.74, 6) is 0.796. The van der Waals surface area contributed by atoms with Gasteiger partial charge in [0, 0.05) is 12.6 Å². The lowest BCUT2D eigenvalue weighted by Gasteiger charge is -2.36. The summed E-state index contributed by atoms with van der Waals surface area (Å²) in [4.78, 5) is 0. The van der Waals surface area contributed by atoms with Crippen molar-refractivity contribution in [3.63, 3.8) is 0 Å². The van der Waals surface area contributed by atoms with Gasteiger partial charge in [-0.1, -0.05) is 46.0 Å².